The molecule has 20 heavy (non-hydrogen) atoms. The van der Waals surface area contributed by atoms with Gasteiger partial charge in [-0.25, -0.2) is 0 Å². The van der Waals surface area contributed by atoms with Gasteiger partial charge in [0.1, 0.15) is 5.78 Å². The first-order valence-electron chi connectivity index (χ1n) is 6.48. The average Bonchev–Trinajstić information content (AvgIpc) is 2.47. The maximum absolute atomic E-state index is 11.4. The Balaban J connectivity index is 0.000000240. The fraction of sp³-hybridized carbons (Fsp3) is 0.176. The molecule has 3 heteroatoms. The van der Waals surface area contributed by atoms with Gasteiger partial charge in [0.15, 0.2) is 5.78 Å². The summed E-state index contributed by atoms with van der Waals surface area (Å²) in [6.45, 7) is 1.50. The van der Waals surface area contributed by atoms with Gasteiger partial charge in [0, 0.05) is 24.1 Å². The van der Waals surface area contributed by atoms with Gasteiger partial charge < -0.3 is 10.5 Å². The van der Waals surface area contributed by atoms with Crippen LogP contribution >= 0.6 is 0 Å². The van der Waals surface area contributed by atoms with E-state index in [1.807, 2.05) is 48.5 Å². The molecule has 2 aromatic carbocycles. The van der Waals surface area contributed by atoms with Crippen LogP contribution in [0, 0.1) is 0 Å². The van der Waals surface area contributed by atoms with Crippen molar-refractivity contribution in [3.8, 4) is 0 Å². The van der Waals surface area contributed by atoms with E-state index in [9.17, 15) is 9.59 Å². The number of nitrogens with two attached hydrogens (primary N) is 1. The van der Waals surface area contributed by atoms with E-state index in [2.05, 4.69) is 0 Å². The van der Waals surface area contributed by atoms with Gasteiger partial charge in [0.05, 0.1) is 0 Å². The van der Waals surface area contributed by atoms with Crippen LogP contribution in [0.5, 0.6) is 0 Å². The number of nitrogen functional groups attached to an aromatic ring is 1. The van der Waals surface area contributed by atoms with Crippen molar-refractivity contribution in [1.29, 1.82) is 0 Å². The first-order chi connectivity index (χ1) is 9.59. The number of carbonyl (C=O) groups excluding carboxylic acids is 2. The van der Waals surface area contributed by atoms with Crippen molar-refractivity contribution in [1.82, 2.24) is 0 Å². The molecule has 0 aliphatic carbocycles. The third kappa shape index (κ3) is 6.50. The molecule has 0 aromatic heterocycles. The van der Waals surface area contributed by atoms with Crippen molar-refractivity contribution < 1.29 is 9.59 Å². The molecule has 0 saturated carbocycles. The molecule has 0 heterocycles. The van der Waals surface area contributed by atoms with E-state index in [0.717, 1.165) is 5.69 Å². The summed E-state index contributed by atoms with van der Waals surface area (Å²) in [5.74, 6) is 0.0973. The molecule has 0 radical (unpaired) electrons. The zero-order valence-electron chi connectivity index (χ0n) is 11.6. The van der Waals surface area contributed by atoms with Gasteiger partial charge in [-0.15, -0.1) is 0 Å². The zero-order valence-corrected chi connectivity index (χ0v) is 11.6. The Morgan fingerprint density at radius 1 is 0.850 bits per heavy atom. The maximum Gasteiger partial charge on any atom is 0.163 e. The highest BCUT2D eigenvalue weighted by molar-refractivity contribution is 5.97. The normalized spacial score (nSPS) is 9.25. The standard InChI is InChI=1S/C11H12O2.C6H7N/c1-9(12)7-8-11(13)10-5-3-2-4-6-10;7-6-4-2-1-3-5-6/h2-6H,7-8H2,1H3;1-5H,7H2. The quantitative estimate of drug-likeness (QED) is 0.682. The highest BCUT2D eigenvalue weighted by atomic mass is 16.1. The van der Waals surface area contributed by atoms with E-state index in [1.165, 1.54) is 6.92 Å². The average molecular weight is 269 g/mol. The van der Waals surface area contributed by atoms with Crippen molar-refractivity contribution in [2.24, 2.45) is 0 Å². The summed E-state index contributed by atoms with van der Waals surface area (Å²) in [5.41, 5.74) is 6.86. The first kappa shape index (κ1) is 15.6. The number of Topliss-reactive ketones (excluding diaryl/α,β-unsaturated/α-hetero) is 2. The number of anilines is 1. The molecule has 2 rings (SSSR count). The van der Waals surface area contributed by atoms with E-state index in [-0.39, 0.29) is 11.6 Å². The molecule has 0 saturated heterocycles. The topological polar surface area (TPSA) is 60.2 Å². The number of rotatable bonds is 4. The van der Waals surface area contributed by atoms with Crippen LogP contribution in [0.15, 0.2) is 60.7 Å². The Morgan fingerprint density at radius 3 is 1.75 bits per heavy atom. The molecule has 0 aliphatic heterocycles. The van der Waals surface area contributed by atoms with Crippen LogP contribution < -0.4 is 5.73 Å². The number of carbonyl (C=O) groups is 2. The zero-order chi connectivity index (χ0) is 14.8. The Morgan fingerprint density at radius 2 is 1.35 bits per heavy atom. The van der Waals surface area contributed by atoms with Crippen LogP contribution in [-0.4, -0.2) is 11.6 Å². The summed E-state index contributed by atoms with van der Waals surface area (Å²) in [6, 6.07) is 18.5. The summed E-state index contributed by atoms with van der Waals surface area (Å²) < 4.78 is 0. The molecule has 0 unspecified atom stereocenters. The molecule has 0 spiro atoms. The van der Waals surface area contributed by atoms with Crippen molar-refractivity contribution in [2.75, 3.05) is 5.73 Å². The van der Waals surface area contributed by atoms with E-state index in [4.69, 9.17) is 5.73 Å². The van der Waals surface area contributed by atoms with Crippen molar-refractivity contribution in [2.45, 2.75) is 19.8 Å². The minimum absolute atomic E-state index is 0.0378. The lowest BCUT2D eigenvalue weighted by molar-refractivity contribution is -0.116. The highest BCUT2D eigenvalue weighted by Crippen LogP contribution is 2.04. The summed E-state index contributed by atoms with van der Waals surface area (Å²) in [7, 11) is 0. The molecule has 0 bridgehead atoms. The second kappa shape index (κ2) is 8.64. The molecule has 0 fully saturated rings. The van der Waals surface area contributed by atoms with Gasteiger partial charge in [-0.2, -0.15) is 0 Å². The minimum Gasteiger partial charge on any atom is -0.399 e. The maximum atomic E-state index is 11.4. The third-order valence-electron chi connectivity index (χ3n) is 2.60. The third-order valence-corrected chi connectivity index (χ3v) is 2.60. The fourth-order valence-electron chi connectivity index (χ4n) is 1.51. The lowest BCUT2D eigenvalue weighted by Gasteiger charge is -1.97. The van der Waals surface area contributed by atoms with Crippen LogP contribution in [0.3, 0.4) is 0 Å². The second-order valence-corrected chi connectivity index (χ2v) is 4.40. The van der Waals surface area contributed by atoms with Crippen molar-refractivity contribution >= 4 is 17.3 Å². The highest BCUT2D eigenvalue weighted by Gasteiger charge is 2.05. The minimum atomic E-state index is 0.0378. The molecule has 2 N–H and O–H groups in total. The number of para-hydroxylation sites is 1. The SMILES string of the molecule is CC(=O)CCC(=O)c1ccccc1.Nc1ccccc1. The summed E-state index contributed by atoms with van der Waals surface area (Å²) in [4.78, 5) is 22.0. The Hall–Kier alpha value is -2.42. The number of hydrogen-bond acceptors (Lipinski definition) is 3. The summed E-state index contributed by atoms with van der Waals surface area (Å²) in [5, 5.41) is 0. The van der Waals surface area contributed by atoms with Gasteiger partial charge in [-0.05, 0) is 19.1 Å². The van der Waals surface area contributed by atoms with E-state index < -0.39 is 0 Å². The van der Waals surface area contributed by atoms with Crippen LogP contribution in [0.2, 0.25) is 0 Å². The molecule has 3 nitrogen and oxygen atoms in total. The van der Waals surface area contributed by atoms with E-state index >= 15 is 0 Å². The van der Waals surface area contributed by atoms with Crippen LogP contribution in [0.25, 0.3) is 0 Å². The van der Waals surface area contributed by atoms with Crippen molar-refractivity contribution in [3.63, 3.8) is 0 Å². The molecule has 2 aromatic rings. The largest absolute Gasteiger partial charge is 0.399 e. The van der Waals surface area contributed by atoms with Crippen molar-refractivity contribution in [3.05, 3.63) is 66.2 Å². The molecule has 0 aliphatic rings. The Kier molecular flexibility index (Phi) is 6.76. The fourth-order valence-corrected chi connectivity index (χ4v) is 1.51. The number of benzene rings is 2. The Bertz CT molecular complexity index is 535. The second-order valence-electron chi connectivity index (χ2n) is 4.40. The van der Waals surface area contributed by atoms with Gasteiger partial charge in [0.25, 0.3) is 0 Å². The predicted octanol–water partition coefficient (Wildman–Crippen LogP) is 3.51. The van der Waals surface area contributed by atoms with Gasteiger partial charge in [-0.1, -0.05) is 48.5 Å². The first-order valence-corrected chi connectivity index (χ1v) is 6.48. The summed E-state index contributed by atoms with van der Waals surface area (Å²) >= 11 is 0. The van der Waals surface area contributed by atoms with E-state index in [1.54, 1.807) is 12.1 Å². The lowest BCUT2D eigenvalue weighted by Crippen LogP contribution is -2.01. The van der Waals surface area contributed by atoms with Gasteiger partial charge in [0.2, 0.25) is 0 Å². The smallest absolute Gasteiger partial charge is 0.163 e. The molecule has 0 atom stereocenters. The van der Waals surface area contributed by atoms with Crippen LogP contribution in [0.4, 0.5) is 5.69 Å². The van der Waals surface area contributed by atoms with Crippen LogP contribution in [-0.2, 0) is 4.79 Å². The lowest BCUT2D eigenvalue weighted by atomic mass is 10.1. The van der Waals surface area contributed by atoms with Gasteiger partial charge >= 0.3 is 0 Å². The van der Waals surface area contributed by atoms with Crippen LogP contribution in [0.1, 0.15) is 30.1 Å². The van der Waals surface area contributed by atoms with E-state index in [0.29, 0.717) is 18.4 Å². The monoisotopic (exact) mass is 269 g/mol. The number of hydrogen-bond donors (Lipinski definition) is 1. The molecule has 0 amide bonds. The Labute approximate surface area is 119 Å². The van der Waals surface area contributed by atoms with Gasteiger partial charge in [-0.3, -0.25) is 4.79 Å². The molecular weight excluding hydrogens is 250 g/mol. The summed E-state index contributed by atoms with van der Waals surface area (Å²) in [6.07, 6.45) is 0.660. The number of ketones is 2. The molecule has 104 valence electrons. The predicted molar refractivity (Wildman–Crippen MR) is 81.5 cm³/mol. The molecular formula is C17H19NO2.